The molecule has 0 aliphatic rings. The molecular formula is C12H12BrFO. The minimum atomic E-state index is -0.482. The average Bonchev–Trinajstić information content (AvgIpc) is 2.18. The van der Waals surface area contributed by atoms with Crippen LogP contribution in [0.25, 0.3) is 0 Å². The number of rotatable bonds is 4. The lowest BCUT2D eigenvalue weighted by Crippen LogP contribution is -2.02. The molecule has 0 N–H and O–H groups in total. The Hall–Kier alpha value is -0.960. The predicted molar refractivity (Wildman–Crippen MR) is 62.5 cm³/mol. The maximum atomic E-state index is 13.5. The first-order chi connectivity index (χ1) is 7.02. The van der Waals surface area contributed by atoms with E-state index < -0.39 is 5.82 Å². The maximum absolute atomic E-state index is 13.5. The molecule has 0 saturated carbocycles. The third kappa shape index (κ3) is 3.27. The van der Waals surface area contributed by atoms with Crippen LogP contribution in [0.2, 0.25) is 0 Å². The second kappa shape index (κ2) is 5.21. The molecule has 0 radical (unpaired) electrons. The molecule has 1 aromatic rings. The minimum absolute atomic E-state index is 0.144. The number of benzene rings is 1. The zero-order valence-corrected chi connectivity index (χ0v) is 10.1. The monoisotopic (exact) mass is 270 g/mol. The van der Waals surface area contributed by atoms with Crippen LogP contribution < -0.4 is 0 Å². The molecule has 0 bridgehead atoms. The zero-order chi connectivity index (χ0) is 11.4. The number of Topliss-reactive ketones (excluding diaryl/α,β-unsaturated/α-hetero) is 1. The Morgan fingerprint density at radius 2 is 2.13 bits per heavy atom. The van der Waals surface area contributed by atoms with Gasteiger partial charge in [-0.2, -0.15) is 0 Å². The molecule has 15 heavy (non-hydrogen) atoms. The van der Waals surface area contributed by atoms with Crippen molar-refractivity contribution in [2.24, 2.45) is 0 Å². The quantitative estimate of drug-likeness (QED) is 0.594. The van der Waals surface area contributed by atoms with Gasteiger partial charge < -0.3 is 0 Å². The van der Waals surface area contributed by atoms with Crippen LogP contribution in [-0.4, -0.2) is 5.78 Å². The molecule has 1 aromatic carbocycles. The van der Waals surface area contributed by atoms with Crippen LogP contribution in [0.1, 0.15) is 30.1 Å². The first-order valence-corrected chi connectivity index (χ1v) is 5.43. The van der Waals surface area contributed by atoms with Crippen molar-refractivity contribution in [3.05, 3.63) is 46.2 Å². The van der Waals surface area contributed by atoms with Crippen LogP contribution in [0.15, 0.2) is 34.8 Å². The van der Waals surface area contributed by atoms with E-state index in [-0.39, 0.29) is 11.3 Å². The summed E-state index contributed by atoms with van der Waals surface area (Å²) >= 11 is 3.05. The van der Waals surface area contributed by atoms with Gasteiger partial charge in [0.05, 0.1) is 10.0 Å². The Labute approximate surface area is 97.1 Å². The third-order valence-electron chi connectivity index (χ3n) is 2.03. The van der Waals surface area contributed by atoms with E-state index in [1.165, 1.54) is 6.07 Å². The first kappa shape index (κ1) is 12.1. The predicted octanol–water partition coefficient (Wildman–Crippen LogP) is 4.13. The lowest BCUT2D eigenvalue weighted by atomic mass is 10.0. The number of ketones is 1. The smallest absolute Gasteiger partial charge is 0.166 e. The summed E-state index contributed by atoms with van der Waals surface area (Å²) in [6, 6.07) is 4.73. The topological polar surface area (TPSA) is 17.1 Å². The molecule has 0 aromatic heterocycles. The summed E-state index contributed by atoms with van der Waals surface area (Å²) in [6.07, 6.45) is 0.910. The van der Waals surface area contributed by atoms with E-state index >= 15 is 0 Å². The van der Waals surface area contributed by atoms with Gasteiger partial charge in [-0.1, -0.05) is 11.6 Å². The summed E-state index contributed by atoms with van der Waals surface area (Å²) in [4.78, 5) is 11.6. The number of carbonyl (C=O) groups excluding carboxylic acids is 1. The molecule has 0 aliphatic carbocycles. The normalized spacial score (nSPS) is 10.1. The summed E-state index contributed by atoms with van der Waals surface area (Å²) in [6.45, 7) is 5.56. The lowest BCUT2D eigenvalue weighted by molar-refractivity contribution is 0.0979. The third-order valence-corrected chi connectivity index (χ3v) is 2.64. The molecule has 0 atom stereocenters. The summed E-state index contributed by atoms with van der Waals surface area (Å²) < 4.78 is 13.8. The van der Waals surface area contributed by atoms with Crippen molar-refractivity contribution in [1.82, 2.24) is 0 Å². The fourth-order valence-corrected chi connectivity index (χ4v) is 1.55. The van der Waals surface area contributed by atoms with Gasteiger partial charge in [-0.15, -0.1) is 6.58 Å². The molecule has 0 spiro atoms. The number of allylic oxidation sites excluding steroid dienone is 1. The largest absolute Gasteiger partial charge is 0.294 e. The van der Waals surface area contributed by atoms with Gasteiger partial charge >= 0.3 is 0 Å². The standard InChI is InChI=1S/C12H12BrFO/c1-8(2)6-7-11(15)9-4-3-5-10(13)12(9)14/h3-5H,1,6-7H2,2H3. The molecule has 1 rings (SSSR count). The van der Waals surface area contributed by atoms with Gasteiger partial charge in [-0.3, -0.25) is 4.79 Å². The van der Waals surface area contributed by atoms with Crippen molar-refractivity contribution in [1.29, 1.82) is 0 Å². The van der Waals surface area contributed by atoms with Gasteiger partial charge in [-0.25, -0.2) is 4.39 Å². The first-order valence-electron chi connectivity index (χ1n) is 4.64. The van der Waals surface area contributed by atoms with E-state index in [2.05, 4.69) is 22.5 Å². The van der Waals surface area contributed by atoms with Gasteiger partial charge in [0.25, 0.3) is 0 Å². The fraction of sp³-hybridized carbons (Fsp3) is 0.250. The highest BCUT2D eigenvalue weighted by molar-refractivity contribution is 9.10. The van der Waals surface area contributed by atoms with Crippen LogP contribution in [0.5, 0.6) is 0 Å². The van der Waals surface area contributed by atoms with Gasteiger partial charge in [0.15, 0.2) is 5.78 Å². The van der Waals surface area contributed by atoms with Crippen molar-refractivity contribution >= 4 is 21.7 Å². The Morgan fingerprint density at radius 3 is 2.73 bits per heavy atom. The van der Waals surface area contributed by atoms with Crippen molar-refractivity contribution in [2.75, 3.05) is 0 Å². The van der Waals surface area contributed by atoms with Crippen LogP contribution in [-0.2, 0) is 0 Å². The van der Waals surface area contributed by atoms with E-state index in [0.29, 0.717) is 17.3 Å². The van der Waals surface area contributed by atoms with Crippen molar-refractivity contribution in [3.63, 3.8) is 0 Å². The summed E-state index contributed by atoms with van der Waals surface area (Å²) in [5.41, 5.74) is 1.07. The Kier molecular flexibility index (Phi) is 4.21. The summed E-state index contributed by atoms with van der Waals surface area (Å²) in [5.74, 6) is -0.666. The van der Waals surface area contributed by atoms with E-state index in [9.17, 15) is 9.18 Å². The van der Waals surface area contributed by atoms with E-state index in [4.69, 9.17) is 0 Å². The number of halogens is 2. The molecule has 0 heterocycles. The summed E-state index contributed by atoms with van der Waals surface area (Å²) in [5, 5.41) is 0. The van der Waals surface area contributed by atoms with Crippen molar-refractivity contribution < 1.29 is 9.18 Å². The SMILES string of the molecule is C=C(C)CCC(=O)c1cccc(Br)c1F. The molecule has 3 heteroatoms. The zero-order valence-electron chi connectivity index (χ0n) is 8.52. The number of hydrogen-bond acceptors (Lipinski definition) is 1. The van der Waals surface area contributed by atoms with Gasteiger partial charge in [0, 0.05) is 6.42 Å². The highest BCUT2D eigenvalue weighted by Crippen LogP contribution is 2.20. The minimum Gasteiger partial charge on any atom is -0.294 e. The molecule has 80 valence electrons. The van der Waals surface area contributed by atoms with Gasteiger partial charge in [0.1, 0.15) is 5.82 Å². The molecule has 0 unspecified atom stereocenters. The lowest BCUT2D eigenvalue weighted by Gasteiger charge is -2.03. The van der Waals surface area contributed by atoms with Gasteiger partial charge in [0.2, 0.25) is 0 Å². The van der Waals surface area contributed by atoms with Crippen LogP contribution in [0.3, 0.4) is 0 Å². The summed E-state index contributed by atoms with van der Waals surface area (Å²) in [7, 11) is 0. The van der Waals surface area contributed by atoms with E-state index in [1.807, 2.05) is 6.92 Å². The van der Waals surface area contributed by atoms with Crippen LogP contribution >= 0.6 is 15.9 Å². The number of hydrogen-bond donors (Lipinski definition) is 0. The van der Waals surface area contributed by atoms with Crippen molar-refractivity contribution in [3.8, 4) is 0 Å². The van der Waals surface area contributed by atoms with Crippen molar-refractivity contribution in [2.45, 2.75) is 19.8 Å². The second-order valence-corrected chi connectivity index (χ2v) is 4.34. The Bertz CT molecular complexity index is 399. The molecule has 1 nitrogen and oxygen atoms in total. The molecule has 0 saturated heterocycles. The number of carbonyl (C=O) groups is 1. The van der Waals surface area contributed by atoms with Crippen LogP contribution in [0.4, 0.5) is 4.39 Å². The van der Waals surface area contributed by atoms with Crippen LogP contribution in [0, 0.1) is 5.82 Å². The fourth-order valence-electron chi connectivity index (χ4n) is 1.18. The van der Waals surface area contributed by atoms with Gasteiger partial charge in [-0.05, 0) is 41.4 Å². The molecule has 0 aliphatic heterocycles. The highest BCUT2D eigenvalue weighted by atomic mass is 79.9. The Morgan fingerprint density at radius 1 is 1.47 bits per heavy atom. The second-order valence-electron chi connectivity index (χ2n) is 3.48. The maximum Gasteiger partial charge on any atom is 0.166 e. The Balaban J connectivity index is 2.82. The highest BCUT2D eigenvalue weighted by Gasteiger charge is 2.13. The van der Waals surface area contributed by atoms with E-state index in [0.717, 1.165) is 5.57 Å². The van der Waals surface area contributed by atoms with E-state index in [1.54, 1.807) is 12.1 Å². The average molecular weight is 271 g/mol. The molecule has 0 fully saturated rings. The molecular weight excluding hydrogens is 259 g/mol. The molecule has 0 amide bonds.